The number of rotatable bonds is 4. The highest BCUT2D eigenvalue weighted by molar-refractivity contribution is 6.31. The van der Waals surface area contributed by atoms with Crippen LogP contribution in [0.5, 0.6) is 5.75 Å². The van der Waals surface area contributed by atoms with E-state index in [1.807, 2.05) is 0 Å². The van der Waals surface area contributed by atoms with E-state index < -0.39 is 0 Å². The highest BCUT2D eigenvalue weighted by Crippen LogP contribution is 2.27. The number of carbonyl (C=O) groups excluding carboxylic acids is 1. The first-order valence-electron chi connectivity index (χ1n) is 5.51. The molecule has 2 rings (SSSR count). The van der Waals surface area contributed by atoms with Gasteiger partial charge in [0.25, 0.3) is 0 Å². The molecule has 0 saturated heterocycles. The molecule has 0 aliphatic carbocycles. The first kappa shape index (κ1) is 13.4. The summed E-state index contributed by atoms with van der Waals surface area (Å²) in [5, 5.41) is 6.85. The monoisotopic (exact) mass is 281 g/mol. The summed E-state index contributed by atoms with van der Waals surface area (Å²) in [4.78, 5) is 15.8. The Hall–Kier alpha value is -2.08. The number of hydrogen-bond donors (Lipinski definition) is 1. The first-order chi connectivity index (χ1) is 9.08. The van der Waals surface area contributed by atoms with Crippen LogP contribution in [0.3, 0.4) is 0 Å². The Balaban J connectivity index is 2.08. The van der Waals surface area contributed by atoms with Crippen molar-refractivity contribution in [2.45, 2.75) is 13.3 Å². The van der Waals surface area contributed by atoms with Crippen LogP contribution in [0.4, 0.5) is 5.69 Å². The minimum absolute atomic E-state index is 0.0208. The zero-order chi connectivity index (χ0) is 13.8. The van der Waals surface area contributed by atoms with Crippen molar-refractivity contribution >= 4 is 23.2 Å². The Morgan fingerprint density at radius 2 is 2.32 bits per heavy atom. The average Bonchev–Trinajstić information content (AvgIpc) is 2.75. The summed E-state index contributed by atoms with van der Waals surface area (Å²) in [5.41, 5.74) is 0.500. The highest BCUT2D eigenvalue weighted by Gasteiger charge is 2.12. The van der Waals surface area contributed by atoms with Gasteiger partial charge in [0.2, 0.25) is 11.8 Å². The van der Waals surface area contributed by atoms with E-state index in [9.17, 15) is 4.79 Å². The van der Waals surface area contributed by atoms with Crippen LogP contribution in [0.2, 0.25) is 5.02 Å². The van der Waals surface area contributed by atoms with E-state index in [2.05, 4.69) is 15.5 Å². The third kappa shape index (κ3) is 3.45. The number of benzene rings is 1. The summed E-state index contributed by atoms with van der Waals surface area (Å²) in [6.45, 7) is 1.66. The smallest absolute Gasteiger partial charge is 0.232 e. The number of carbonyl (C=O) groups is 1. The standard InChI is InChI=1S/C12H12ClN3O3/c1-7-14-11(16-19-7)6-12(17)15-9-5-8(13)3-4-10(9)18-2/h3-5H,6H2,1-2H3,(H,15,17). The van der Waals surface area contributed by atoms with Gasteiger partial charge in [0.05, 0.1) is 19.2 Å². The molecule has 0 fully saturated rings. The molecule has 100 valence electrons. The lowest BCUT2D eigenvalue weighted by molar-refractivity contribution is -0.115. The number of aryl methyl sites for hydroxylation is 1. The molecule has 1 N–H and O–H groups in total. The van der Waals surface area contributed by atoms with Crippen molar-refractivity contribution in [3.63, 3.8) is 0 Å². The lowest BCUT2D eigenvalue weighted by Crippen LogP contribution is -2.15. The molecule has 2 aromatic rings. The zero-order valence-electron chi connectivity index (χ0n) is 10.4. The lowest BCUT2D eigenvalue weighted by atomic mass is 10.2. The van der Waals surface area contributed by atoms with Crippen LogP contribution in [0.25, 0.3) is 0 Å². The van der Waals surface area contributed by atoms with Crippen LogP contribution in [0.15, 0.2) is 22.7 Å². The molecule has 19 heavy (non-hydrogen) atoms. The van der Waals surface area contributed by atoms with E-state index in [0.717, 1.165) is 0 Å². The molecule has 1 aromatic heterocycles. The van der Waals surface area contributed by atoms with Crippen molar-refractivity contribution in [3.05, 3.63) is 34.9 Å². The molecule has 0 bridgehead atoms. The second-order valence-electron chi connectivity index (χ2n) is 3.80. The van der Waals surface area contributed by atoms with E-state index in [1.165, 1.54) is 7.11 Å². The fourth-order valence-corrected chi connectivity index (χ4v) is 1.70. The Labute approximate surface area is 114 Å². The van der Waals surface area contributed by atoms with Crippen molar-refractivity contribution in [3.8, 4) is 5.75 Å². The number of halogens is 1. The van der Waals surface area contributed by atoms with Gasteiger partial charge in [0, 0.05) is 11.9 Å². The predicted molar refractivity (Wildman–Crippen MR) is 69.4 cm³/mol. The molecule has 0 spiro atoms. The van der Waals surface area contributed by atoms with Crippen LogP contribution >= 0.6 is 11.6 Å². The third-order valence-electron chi connectivity index (χ3n) is 2.32. The number of anilines is 1. The topological polar surface area (TPSA) is 77.2 Å². The van der Waals surface area contributed by atoms with E-state index >= 15 is 0 Å². The van der Waals surface area contributed by atoms with Crippen LogP contribution < -0.4 is 10.1 Å². The minimum atomic E-state index is -0.277. The maximum atomic E-state index is 11.8. The molecule has 0 aliphatic heterocycles. The largest absolute Gasteiger partial charge is 0.495 e. The maximum Gasteiger partial charge on any atom is 0.232 e. The van der Waals surface area contributed by atoms with Crippen LogP contribution in [0, 0.1) is 6.92 Å². The molecule has 0 atom stereocenters. The summed E-state index contributed by atoms with van der Waals surface area (Å²) < 4.78 is 9.93. The normalized spacial score (nSPS) is 10.3. The number of nitrogens with zero attached hydrogens (tertiary/aromatic N) is 2. The van der Waals surface area contributed by atoms with E-state index in [-0.39, 0.29) is 12.3 Å². The summed E-state index contributed by atoms with van der Waals surface area (Å²) >= 11 is 5.87. The van der Waals surface area contributed by atoms with E-state index in [4.69, 9.17) is 20.9 Å². The lowest BCUT2D eigenvalue weighted by Gasteiger charge is -2.09. The highest BCUT2D eigenvalue weighted by atomic mass is 35.5. The van der Waals surface area contributed by atoms with Crippen LogP contribution in [-0.4, -0.2) is 23.2 Å². The molecule has 0 radical (unpaired) electrons. The number of amides is 1. The third-order valence-corrected chi connectivity index (χ3v) is 2.56. The average molecular weight is 282 g/mol. The fraction of sp³-hybridized carbons (Fsp3) is 0.250. The van der Waals surface area contributed by atoms with Crippen molar-refractivity contribution in [1.82, 2.24) is 10.1 Å². The van der Waals surface area contributed by atoms with Crippen molar-refractivity contribution in [2.24, 2.45) is 0 Å². The van der Waals surface area contributed by atoms with E-state index in [0.29, 0.717) is 28.2 Å². The first-order valence-corrected chi connectivity index (χ1v) is 5.89. The van der Waals surface area contributed by atoms with Crippen LogP contribution in [-0.2, 0) is 11.2 Å². The van der Waals surface area contributed by atoms with Crippen molar-refractivity contribution < 1.29 is 14.1 Å². The van der Waals surface area contributed by atoms with Gasteiger partial charge in [-0.3, -0.25) is 4.79 Å². The molecule has 0 aliphatic rings. The Bertz CT molecular complexity index is 598. The van der Waals surface area contributed by atoms with Gasteiger partial charge >= 0.3 is 0 Å². The summed E-state index contributed by atoms with van der Waals surface area (Å²) in [5.74, 6) is 1.00. The number of ether oxygens (including phenoxy) is 1. The van der Waals surface area contributed by atoms with Gasteiger partial charge in [-0.05, 0) is 18.2 Å². The van der Waals surface area contributed by atoms with Gasteiger partial charge in [-0.2, -0.15) is 4.98 Å². The minimum Gasteiger partial charge on any atom is -0.495 e. The van der Waals surface area contributed by atoms with Gasteiger partial charge in [0.1, 0.15) is 5.75 Å². The van der Waals surface area contributed by atoms with Gasteiger partial charge in [0.15, 0.2) is 5.82 Å². The second-order valence-corrected chi connectivity index (χ2v) is 4.24. The Kier molecular flexibility index (Phi) is 4.01. The maximum absolute atomic E-state index is 11.8. The molecule has 7 heteroatoms. The summed E-state index contributed by atoms with van der Waals surface area (Å²) in [7, 11) is 1.52. The van der Waals surface area contributed by atoms with Gasteiger partial charge in [-0.15, -0.1) is 0 Å². The van der Waals surface area contributed by atoms with E-state index in [1.54, 1.807) is 25.1 Å². The Morgan fingerprint density at radius 3 is 2.95 bits per heavy atom. The molecule has 1 heterocycles. The quantitative estimate of drug-likeness (QED) is 0.930. The Morgan fingerprint density at radius 1 is 1.53 bits per heavy atom. The van der Waals surface area contributed by atoms with Gasteiger partial charge in [-0.1, -0.05) is 16.8 Å². The fourth-order valence-electron chi connectivity index (χ4n) is 1.53. The molecule has 6 nitrogen and oxygen atoms in total. The summed E-state index contributed by atoms with van der Waals surface area (Å²) in [6, 6.07) is 4.97. The zero-order valence-corrected chi connectivity index (χ0v) is 11.2. The SMILES string of the molecule is COc1ccc(Cl)cc1NC(=O)Cc1noc(C)n1. The van der Waals surface area contributed by atoms with Gasteiger partial charge in [-0.25, -0.2) is 0 Å². The molecule has 1 amide bonds. The molecule has 1 aromatic carbocycles. The van der Waals surface area contributed by atoms with Crippen molar-refractivity contribution in [2.75, 3.05) is 12.4 Å². The van der Waals surface area contributed by atoms with Gasteiger partial charge < -0.3 is 14.6 Å². The predicted octanol–water partition coefficient (Wildman–Crippen LogP) is 2.22. The molecule has 0 saturated carbocycles. The van der Waals surface area contributed by atoms with Crippen LogP contribution in [0.1, 0.15) is 11.7 Å². The number of aromatic nitrogens is 2. The molecular weight excluding hydrogens is 270 g/mol. The molecule has 0 unspecified atom stereocenters. The molecular formula is C12H12ClN3O3. The number of nitrogens with one attached hydrogen (secondary N) is 1. The number of hydrogen-bond acceptors (Lipinski definition) is 5. The summed E-state index contributed by atoms with van der Waals surface area (Å²) in [6.07, 6.45) is 0.0208. The second kappa shape index (κ2) is 5.71. The van der Waals surface area contributed by atoms with Crippen molar-refractivity contribution in [1.29, 1.82) is 0 Å². The number of methoxy groups -OCH3 is 1.